The second-order valence-electron chi connectivity index (χ2n) is 7.99. The van der Waals surface area contributed by atoms with Gasteiger partial charge >= 0.3 is 12.3 Å². The number of aliphatic imine (C=N–C) groups is 1. The van der Waals surface area contributed by atoms with E-state index in [1.165, 1.54) is 6.07 Å². The molecule has 1 fully saturated rings. The van der Waals surface area contributed by atoms with Crippen LogP contribution in [0.25, 0.3) is 0 Å². The van der Waals surface area contributed by atoms with E-state index >= 15 is 0 Å². The van der Waals surface area contributed by atoms with E-state index < -0.39 is 17.3 Å². The molecule has 1 atom stereocenters. The molecule has 1 amide bonds. The predicted molar refractivity (Wildman–Crippen MR) is 114 cm³/mol. The number of fused-ring (bicyclic) bond motifs is 1. The quantitative estimate of drug-likeness (QED) is 0.598. The van der Waals surface area contributed by atoms with E-state index in [-0.39, 0.29) is 42.7 Å². The molecule has 0 bridgehead atoms. The van der Waals surface area contributed by atoms with E-state index in [4.69, 9.17) is 4.74 Å². The number of benzene rings is 1. The molecule has 0 aromatic heterocycles. The van der Waals surface area contributed by atoms with Gasteiger partial charge < -0.3 is 19.9 Å². The molecule has 1 N–H and O–H groups in total. The number of halogens is 4. The SMILES string of the molecule is CC(C)(C)OC(=O)N1CCN2C(NCc3cccc(C(F)(F)F)c3)=NCC2C1.I. The van der Waals surface area contributed by atoms with E-state index in [1.807, 2.05) is 20.8 Å². The molecule has 10 heteroatoms. The molecule has 1 aromatic rings. The molecule has 29 heavy (non-hydrogen) atoms. The third kappa shape index (κ3) is 6.13. The van der Waals surface area contributed by atoms with Gasteiger partial charge in [0.2, 0.25) is 0 Å². The second-order valence-corrected chi connectivity index (χ2v) is 7.99. The van der Waals surface area contributed by atoms with Crippen molar-refractivity contribution < 1.29 is 22.7 Å². The number of piperazine rings is 1. The van der Waals surface area contributed by atoms with Crippen molar-refractivity contribution in [2.75, 3.05) is 26.2 Å². The van der Waals surface area contributed by atoms with Crippen molar-refractivity contribution in [2.45, 2.75) is 45.1 Å². The van der Waals surface area contributed by atoms with Crippen LogP contribution < -0.4 is 5.32 Å². The first kappa shape index (κ1) is 23.6. The van der Waals surface area contributed by atoms with Gasteiger partial charge in [0, 0.05) is 26.2 Å². The van der Waals surface area contributed by atoms with Gasteiger partial charge in [0.25, 0.3) is 0 Å². The monoisotopic (exact) mass is 526 g/mol. The Bertz CT molecular complexity index is 765. The zero-order chi connectivity index (χ0) is 20.5. The highest BCUT2D eigenvalue weighted by Gasteiger charge is 2.36. The third-order valence-corrected chi connectivity index (χ3v) is 4.56. The lowest BCUT2D eigenvalue weighted by Gasteiger charge is -2.39. The van der Waals surface area contributed by atoms with Gasteiger partial charge in [0.05, 0.1) is 18.2 Å². The molecule has 1 unspecified atom stereocenters. The fourth-order valence-electron chi connectivity index (χ4n) is 3.26. The minimum Gasteiger partial charge on any atom is -0.444 e. The summed E-state index contributed by atoms with van der Waals surface area (Å²) in [5.41, 5.74) is -0.671. The van der Waals surface area contributed by atoms with Crippen LogP contribution in [0.3, 0.4) is 0 Å². The van der Waals surface area contributed by atoms with Crippen LogP contribution in [-0.4, -0.2) is 59.7 Å². The van der Waals surface area contributed by atoms with Gasteiger partial charge in [-0.1, -0.05) is 12.1 Å². The summed E-state index contributed by atoms with van der Waals surface area (Å²) >= 11 is 0. The maximum absolute atomic E-state index is 12.8. The molecule has 2 aliphatic rings. The van der Waals surface area contributed by atoms with E-state index in [9.17, 15) is 18.0 Å². The van der Waals surface area contributed by atoms with Crippen molar-refractivity contribution in [3.63, 3.8) is 0 Å². The summed E-state index contributed by atoms with van der Waals surface area (Å²) < 4.78 is 43.9. The van der Waals surface area contributed by atoms with Gasteiger partial charge in [-0.2, -0.15) is 13.2 Å². The predicted octanol–water partition coefficient (Wildman–Crippen LogP) is 3.70. The molecule has 2 aliphatic heterocycles. The van der Waals surface area contributed by atoms with Crippen LogP contribution in [0.5, 0.6) is 0 Å². The van der Waals surface area contributed by atoms with Gasteiger partial charge in [-0.05, 0) is 38.5 Å². The molecule has 3 rings (SSSR count). The lowest BCUT2D eigenvalue weighted by molar-refractivity contribution is -0.137. The van der Waals surface area contributed by atoms with Gasteiger partial charge in [-0.15, -0.1) is 24.0 Å². The van der Waals surface area contributed by atoms with E-state index in [0.29, 0.717) is 37.7 Å². The fraction of sp³-hybridized carbons (Fsp3) is 0.579. The van der Waals surface area contributed by atoms with E-state index in [2.05, 4.69) is 15.2 Å². The van der Waals surface area contributed by atoms with Crippen molar-refractivity contribution >= 4 is 36.0 Å². The molecule has 6 nitrogen and oxygen atoms in total. The first-order chi connectivity index (χ1) is 13.0. The number of ether oxygens (including phenoxy) is 1. The first-order valence-electron chi connectivity index (χ1n) is 9.22. The summed E-state index contributed by atoms with van der Waals surface area (Å²) in [7, 11) is 0. The van der Waals surface area contributed by atoms with Crippen LogP contribution in [0.4, 0.5) is 18.0 Å². The number of carbonyl (C=O) groups excluding carboxylic acids is 1. The Morgan fingerprint density at radius 1 is 1.28 bits per heavy atom. The van der Waals surface area contributed by atoms with Crippen LogP contribution >= 0.6 is 24.0 Å². The highest BCUT2D eigenvalue weighted by molar-refractivity contribution is 14.0. The fourth-order valence-corrected chi connectivity index (χ4v) is 3.26. The molecule has 1 saturated heterocycles. The Labute approximate surface area is 185 Å². The van der Waals surface area contributed by atoms with Crippen molar-refractivity contribution in [3.05, 3.63) is 35.4 Å². The van der Waals surface area contributed by atoms with E-state index in [1.54, 1.807) is 11.0 Å². The van der Waals surface area contributed by atoms with Crippen molar-refractivity contribution in [2.24, 2.45) is 4.99 Å². The minimum atomic E-state index is -4.36. The van der Waals surface area contributed by atoms with Gasteiger partial charge in [-0.25, -0.2) is 4.79 Å². The average Bonchev–Trinajstić information content (AvgIpc) is 3.00. The zero-order valence-electron chi connectivity index (χ0n) is 16.6. The second kappa shape index (κ2) is 8.97. The molecule has 2 heterocycles. The normalized spacial score (nSPS) is 19.2. The molecule has 162 valence electrons. The van der Waals surface area contributed by atoms with Crippen molar-refractivity contribution in [3.8, 4) is 0 Å². The topological polar surface area (TPSA) is 57.2 Å². The molecule has 0 spiro atoms. The number of nitrogens with one attached hydrogen (secondary N) is 1. The number of hydrogen-bond donors (Lipinski definition) is 1. The maximum Gasteiger partial charge on any atom is 0.416 e. The molecule has 1 aromatic carbocycles. The summed E-state index contributed by atoms with van der Waals surface area (Å²) in [6.07, 6.45) is -4.69. The number of nitrogens with zero attached hydrogens (tertiary/aromatic N) is 3. The number of carbonyl (C=O) groups is 1. The third-order valence-electron chi connectivity index (χ3n) is 4.56. The lowest BCUT2D eigenvalue weighted by Crippen LogP contribution is -2.57. The minimum absolute atomic E-state index is 0. The zero-order valence-corrected chi connectivity index (χ0v) is 19.0. The van der Waals surface area contributed by atoms with Crippen LogP contribution in [-0.2, 0) is 17.5 Å². The number of alkyl halides is 3. The standard InChI is InChI=1S/C19H25F3N4O2.HI/c1-18(2,3)28-17(27)25-7-8-26-15(12-25)11-24-16(26)23-10-13-5-4-6-14(9-13)19(20,21)22;/h4-6,9,15H,7-8,10-12H2,1-3H3,(H,23,24);1H. The van der Waals surface area contributed by atoms with Crippen LogP contribution in [0, 0.1) is 0 Å². The highest BCUT2D eigenvalue weighted by Crippen LogP contribution is 2.29. The molecule has 0 radical (unpaired) electrons. The molecule has 0 saturated carbocycles. The van der Waals surface area contributed by atoms with Gasteiger partial charge in [0.1, 0.15) is 5.60 Å². The smallest absolute Gasteiger partial charge is 0.416 e. The number of amides is 1. The average molecular weight is 526 g/mol. The summed E-state index contributed by atoms with van der Waals surface area (Å²) in [5, 5.41) is 3.13. The first-order valence-corrected chi connectivity index (χ1v) is 9.22. The lowest BCUT2D eigenvalue weighted by atomic mass is 10.1. The van der Waals surface area contributed by atoms with E-state index in [0.717, 1.165) is 12.1 Å². The Morgan fingerprint density at radius 3 is 2.66 bits per heavy atom. The highest BCUT2D eigenvalue weighted by atomic mass is 127. The van der Waals surface area contributed by atoms with Crippen LogP contribution in [0.1, 0.15) is 31.9 Å². The Hall–Kier alpha value is -1.72. The summed E-state index contributed by atoms with van der Waals surface area (Å²) in [4.78, 5) is 20.5. The number of guanidine groups is 1. The Kier molecular flexibility index (Phi) is 7.28. The van der Waals surface area contributed by atoms with Crippen LogP contribution in [0.2, 0.25) is 0 Å². The molecular weight excluding hydrogens is 500 g/mol. The summed E-state index contributed by atoms with van der Waals surface area (Å²) in [6.45, 7) is 7.88. The molecular formula is C19H26F3IN4O2. The Balaban J connectivity index is 0.00000300. The summed E-state index contributed by atoms with van der Waals surface area (Å²) in [5.74, 6) is 0.659. The van der Waals surface area contributed by atoms with Crippen molar-refractivity contribution in [1.29, 1.82) is 0 Å². The number of hydrogen-bond acceptors (Lipinski definition) is 5. The van der Waals surface area contributed by atoms with Crippen molar-refractivity contribution in [1.82, 2.24) is 15.1 Å². The maximum atomic E-state index is 12.8. The largest absolute Gasteiger partial charge is 0.444 e. The summed E-state index contributed by atoms with van der Waals surface area (Å²) in [6, 6.07) is 5.29. The van der Waals surface area contributed by atoms with Crippen LogP contribution in [0.15, 0.2) is 29.3 Å². The number of rotatable bonds is 2. The molecule has 0 aliphatic carbocycles. The van der Waals surface area contributed by atoms with Gasteiger partial charge in [-0.3, -0.25) is 4.99 Å². The Morgan fingerprint density at radius 2 is 2.00 bits per heavy atom. The van der Waals surface area contributed by atoms with Gasteiger partial charge in [0.15, 0.2) is 5.96 Å².